The van der Waals surface area contributed by atoms with Crippen LogP contribution in [0.1, 0.15) is 17.3 Å². The van der Waals surface area contributed by atoms with E-state index in [0.717, 1.165) is 0 Å². The molecule has 0 unspecified atom stereocenters. The molecule has 1 aromatic heterocycles. The van der Waals surface area contributed by atoms with Crippen molar-refractivity contribution in [3.05, 3.63) is 88.4 Å². The van der Waals surface area contributed by atoms with Crippen LogP contribution in [0.3, 0.4) is 0 Å². The average Bonchev–Trinajstić information content (AvgIpc) is 3.20. The van der Waals surface area contributed by atoms with Gasteiger partial charge >= 0.3 is 5.97 Å². The highest BCUT2D eigenvalue weighted by atomic mass is 35.5. The molecule has 4 aromatic rings. The van der Waals surface area contributed by atoms with Crippen molar-refractivity contribution in [2.75, 3.05) is 6.61 Å². The molecule has 34 heavy (non-hydrogen) atoms. The van der Waals surface area contributed by atoms with E-state index in [2.05, 4.69) is 0 Å². The number of rotatable bonds is 6. The molecule has 7 nitrogen and oxygen atoms in total. The van der Waals surface area contributed by atoms with Crippen LogP contribution in [0.5, 0.6) is 0 Å². The van der Waals surface area contributed by atoms with E-state index in [1.807, 2.05) is 0 Å². The average molecular weight is 516 g/mol. The standard InChI is InChI=1S/C24H19Cl2N3O4S/c1-2-33-24(30)21-22(15-3-7-17(25)8-4-15)28-29(23(21)16-5-9-18(26)10-6-16)19-11-13-20(14-12-19)34(27,31)32/h3-14H,2H2,1H3,(H2,27,31,32). The quantitative estimate of drug-likeness (QED) is 0.349. The van der Waals surface area contributed by atoms with Crippen molar-refractivity contribution < 1.29 is 17.9 Å². The smallest absolute Gasteiger partial charge is 0.342 e. The Balaban J connectivity index is 2.03. The fourth-order valence-electron chi connectivity index (χ4n) is 3.46. The molecule has 10 heteroatoms. The van der Waals surface area contributed by atoms with Crippen molar-refractivity contribution in [1.82, 2.24) is 9.78 Å². The summed E-state index contributed by atoms with van der Waals surface area (Å²) in [5.74, 6) is -0.551. The molecule has 0 atom stereocenters. The van der Waals surface area contributed by atoms with Crippen LogP contribution in [0.4, 0.5) is 0 Å². The van der Waals surface area contributed by atoms with Crippen LogP contribution in [-0.4, -0.2) is 30.8 Å². The number of ether oxygens (including phenoxy) is 1. The van der Waals surface area contributed by atoms with Gasteiger partial charge < -0.3 is 4.74 Å². The van der Waals surface area contributed by atoms with E-state index in [0.29, 0.717) is 38.2 Å². The van der Waals surface area contributed by atoms with E-state index in [9.17, 15) is 13.2 Å². The number of hydrogen-bond acceptors (Lipinski definition) is 5. The summed E-state index contributed by atoms with van der Waals surface area (Å²) in [5.41, 5.74) is 2.93. The Morgan fingerprint density at radius 2 is 1.44 bits per heavy atom. The minimum Gasteiger partial charge on any atom is -0.462 e. The Labute approximate surface area is 206 Å². The van der Waals surface area contributed by atoms with Crippen LogP contribution < -0.4 is 5.14 Å². The fraction of sp³-hybridized carbons (Fsp3) is 0.0833. The lowest BCUT2D eigenvalue weighted by Gasteiger charge is -2.11. The number of esters is 1. The maximum Gasteiger partial charge on any atom is 0.342 e. The van der Waals surface area contributed by atoms with Crippen LogP contribution in [0.2, 0.25) is 10.0 Å². The summed E-state index contributed by atoms with van der Waals surface area (Å²) in [5, 5.41) is 11.0. The van der Waals surface area contributed by atoms with E-state index < -0.39 is 16.0 Å². The van der Waals surface area contributed by atoms with E-state index in [1.54, 1.807) is 72.3 Å². The second kappa shape index (κ2) is 9.60. The van der Waals surface area contributed by atoms with E-state index in [-0.39, 0.29) is 17.1 Å². The third-order valence-corrected chi connectivity index (χ3v) is 6.44. The van der Waals surface area contributed by atoms with Crippen molar-refractivity contribution in [2.24, 2.45) is 5.14 Å². The molecule has 0 fully saturated rings. The zero-order valence-corrected chi connectivity index (χ0v) is 20.2. The summed E-state index contributed by atoms with van der Waals surface area (Å²) in [6.45, 7) is 1.89. The Bertz CT molecular complexity index is 1450. The predicted octanol–water partition coefficient (Wildman–Crippen LogP) is 5.34. The molecule has 0 amide bonds. The van der Waals surface area contributed by atoms with Gasteiger partial charge in [-0.2, -0.15) is 5.10 Å². The largest absolute Gasteiger partial charge is 0.462 e. The maximum atomic E-state index is 13.2. The zero-order chi connectivity index (χ0) is 24.5. The Kier molecular flexibility index (Phi) is 6.77. The van der Waals surface area contributed by atoms with Crippen molar-refractivity contribution in [2.45, 2.75) is 11.8 Å². The molecule has 1 heterocycles. The Hall–Kier alpha value is -3.17. The highest BCUT2D eigenvalue weighted by molar-refractivity contribution is 7.89. The lowest BCUT2D eigenvalue weighted by molar-refractivity contribution is 0.0528. The predicted molar refractivity (Wildman–Crippen MR) is 132 cm³/mol. The minimum absolute atomic E-state index is 0.0417. The number of halogens is 2. The lowest BCUT2D eigenvalue weighted by Crippen LogP contribution is -2.12. The van der Waals surface area contributed by atoms with Crippen molar-refractivity contribution >= 4 is 39.2 Å². The van der Waals surface area contributed by atoms with Gasteiger partial charge in [0.2, 0.25) is 10.0 Å². The number of primary sulfonamides is 1. The van der Waals surface area contributed by atoms with Gasteiger partial charge in [0.05, 0.1) is 22.9 Å². The third-order valence-electron chi connectivity index (χ3n) is 5.01. The molecule has 0 aliphatic rings. The molecule has 174 valence electrons. The van der Waals surface area contributed by atoms with Gasteiger partial charge in [0.1, 0.15) is 11.3 Å². The second-order valence-electron chi connectivity index (χ2n) is 7.26. The summed E-state index contributed by atoms with van der Waals surface area (Å²) in [4.78, 5) is 13.1. The molecule has 3 aromatic carbocycles. The van der Waals surface area contributed by atoms with Gasteiger partial charge in [0.25, 0.3) is 0 Å². The topological polar surface area (TPSA) is 104 Å². The van der Waals surface area contributed by atoms with Gasteiger partial charge in [-0.15, -0.1) is 0 Å². The van der Waals surface area contributed by atoms with Crippen LogP contribution >= 0.6 is 23.2 Å². The first-order valence-electron chi connectivity index (χ1n) is 10.1. The monoisotopic (exact) mass is 515 g/mol. The molecule has 0 bridgehead atoms. The molecule has 0 aliphatic heterocycles. The Morgan fingerprint density at radius 3 is 1.94 bits per heavy atom. The number of aromatic nitrogens is 2. The van der Waals surface area contributed by atoms with Crippen molar-refractivity contribution in [3.8, 4) is 28.2 Å². The molecule has 0 saturated heterocycles. The van der Waals surface area contributed by atoms with Crippen LogP contribution in [0, 0.1) is 0 Å². The molecule has 0 spiro atoms. The molecule has 0 aliphatic carbocycles. The number of nitrogens with two attached hydrogens (primary N) is 1. The summed E-state index contributed by atoms with van der Waals surface area (Å²) in [7, 11) is -3.87. The molecule has 0 saturated carbocycles. The van der Waals surface area contributed by atoms with Crippen molar-refractivity contribution in [3.63, 3.8) is 0 Å². The summed E-state index contributed by atoms with van der Waals surface area (Å²) < 4.78 is 30.3. The first-order valence-corrected chi connectivity index (χ1v) is 12.4. The molecule has 4 rings (SSSR count). The van der Waals surface area contributed by atoms with Gasteiger partial charge in [0, 0.05) is 21.2 Å². The summed E-state index contributed by atoms with van der Waals surface area (Å²) >= 11 is 12.1. The lowest BCUT2D eigenvalue weighted by atomic mass is 10.0. The number of benzene rings is 3. The number of sulfonamides is 1. The SMILES string of the molecule is CCOC(=O)c1c(-c2ccc(Cl)cc2)nn(-c2ccc(S(N)(=O)=O)cc2)c1-c1ccc(Cl)cc1. The Morgan fingerprint density at radius 1 is 0.912 bits per heavy atom. The van der Waals surface area contributed by atoms with Crippen molar-refractivity contribution in [1.29, 1.82) is 0 Å². The van der Waals surface area contributed by atoms with Gasteiger partial charge in [-0.1, -0.05) is 47.5 Å². The van der Waals surface area contributed by atoms with Gasteiger partial charge in [-0.3, -0.25) is 0 Å². The van der Waals surface area contributed by atoms with Crippen LogP contribution in [0.15, 0.2) is 77.7 Å². The molecular formula is C24H19Cl2N3O4S. The number of nitrogens with zero attached hydrogens (tertiary/aromatic N) is 2. The summed E-state index contributed by atoms with van der Waals surface area (Å²) in [6, 6.07) is 19.7. The third kappa shape index (κ3) is 4.85. The van der Waals surface area contributed by atoms with Gasteiger partial charge in [-0.05, 0) is 55.5 Å². The van der Waals surface area contributed by atoms with E-state index in [4.69, 9.17) is 38.2 Å². The van der Waals surface area contributed by atoms with E-state index >= 15 is 0 Å². The highest BCUT2D eigenvalue weighted by Crippen LogP contribution is 2.36. The summed E-state index contributed by atoms with van der Waals surface area (Å²) in [6.07, 6.45) is 0. The van der Waals surface area contributed by atoms with E-state index in [1.165, 1.54) is 12.1 Å². The molecular weight excluding hydrogens is 497 g/mol. The van der Waals surface area contributed by atoms with Crippen LogP contribution in [0.25, 0.3) is 28.2 Å². The number of hydrogen-bond donors (Lipinski definition) is 1. The van der Waals surface area contributed by atoms with Gasteiger partial charge in [-0.25, -0.2) is 23.0 Å². The maximum absolute atomic E-state index is 13.2. The molecule has 2 N–H and O–H groups in total. The molecule has 0 radical (unpaired) electrons. The number of carbonyl (C=O) groups is 1. The highest BCUT2D eigenvalue weighted by Gasteiger charge is 2.28. The van der Waals surface area contributed by atoms with Crippen LogP contribution in [-0.2, 0) is 14.8 Å². The normalized spacial score (nSPS) is 11.4. The first kappa shape index (κ1) is 24.0. The fourth-order valence-corrected chi connectivity index (χ4v) is 4.23. The number of carbonyl (C=O) groups excluding carboxylic acids is 1. The first-order chi connectivity index (χ1) is 16.2. The zero-order valence-electron chi connectivity index (χ0n) is 17.9. The second-order valence-corrected chi connectivity index (χ2v) is 9.69. The minimum atomic E-state index is -3.87. The van der Waals surface area contributed by atoms with Gasteiger partial charge in [0.15, 0.2) is 0 Å².